The van der Waals surface area contributed by atoms with Crippen molar-refractivity contribution in [2.75, 3.05) is 45.8 Å². The summed E-state index contributed by atoms with van der Waals surface area (Å²) in [6.45, 7) is 15.8. The van der Waals surface area contributed by atoms with Crippen molar-refractivity contribution >= 4 is 5.71 Å². The molecule has 126 valence electrons. The van der Waals surface area contributed by atoms with Gasteiger partial charge in [-0.3, -0.25) is 0 Å². The molecule has 2 fully saturated rings. The Morgan fingerprint density at radius 3 is 2.27 bits per heavy atom. The summed E-state index contributed by atoms with van der Waals surface area (Å²) in [7, 11) is 0. The molecule has 0 atom stereocenters. The molecule has 0 amide bonds. The zero-order valence-corrected chi connectivity index (χ0v) is 16.7. The van der Waals surface area contributed by atoms with Crippen LogP contribution in [0.3, 0.4) is 0 Å². The fraction of sp³-hybridized carbons (Fsp3) is 0.833. The van der Waals surface area contributed by atoms with Crippen LogP contribution >= 0.6 is 0 Å². The van der Waals surface area contributed by atoms with Crippen molar-refractivity contribution in [1.82, 2.24) is 9.80 Å². The van der Waals surface area contributed by atoms with Crippen molar-refractivity contribution in [2.24, 2.45) is 5.41 Å². The van der Waals surface area contributed by atoms with E-state index in [4.69, 9.17) is 0 Å². The van der Waals surface area contributed by atoms with Crippen LogP contribution in [0.1, 0.15) is 46.5 Å². The van der Waals surface area contributed by atoms with E-state index >= 15 is 0 Å². The molecule has 0 aromatic rings. The van der Waals surface area contributed by atoms with E-state index in [2.05, 4.69) is 41.2 Å². The van der Waals surface area contributed by atoms with Crippen LogP contribution in [0.25, 0.3) is 0 Å². The molecule has 0 aromatic carbocycles. The van der Waals surface area contributed by atoms with Gasteiger partial charge in [0.25, 0.3) is 0 Å². The van der Waals surface area contributed by atoms with Gasteiger partial charge in [-0.15, -0.1) is 0 Å². The molecule has 0 N–H and O–H groups in total. The highest BCUT2D eigenvalue weighted by Gasteiger charge is 2.34. The Balaban J connectivity index is 0.00000176. The van der Waals surface area contributed by atoms with Gasteiger partial charge < -0.3 is 33.8 Å². The largest absolute Gasteiger partial charge is 1.00 e. The molecule has 3 aliphatic rings. The lowest BCUT2D eigenvalue weighted by molar-refractivity contribution is -0.507. The van der Waals surface area contributed by atoms with Crippen LogP contribution in [-0.4, -0.2) is 65.9 Å². The lowest BCUT2D eigenvalue weighted by Gasteiger charge is -2.40. The van der Waals surface area contributed by atoms with E-state index in [-0.39, 0.29) is 24.0 Å². The standard InChI is InChI=1S/C18H32N3.HI/c1-4-19-9-11-21(12-10-19)17-13-16(14-18(2,3)15-17)20-7-5-6-8-20;/h13H,4-12,14-15H2,1-3H3;1H/q+1;/p-1. The Kier molecular flexibility index (Phi) is 6.34. The first-order chi connectivity index (χ1) is 10.1. The Morgan fingerprint density at radius 2 is 1.68 bits per heavy atom. The molecule has 2 saturated heterocycles. The Bertz CT molecular complexity index is 437. The minimum Gasteiger partial charge on any atom is -1.00 e. The number of likely N-dealkylation sites (N-methyl/N-ethyl adjacent to an activating group) is 1. The van der Waals surface area contributed by atoms with Gasteiger partial charge >= 0.3 is 0 Å². The summed E-state index contributed by atoms with van der Waals surface area (Å²) in [6, 6.07) is 0. The smallest absolute Gasteiger partial charge is 0.178 e. The zero-order chi connectivity index (χ0) is 14.9. The predicted octanol–water partition coefficient (Wildman–Crippen LogP) is -0.421. The summed E-state index contributed by atoms with van der Waals surface area (Å²) in [5, 5.41) is 0. The van der Waals surface area contributed by atoms with Gasteiger partial charge in [-0.25, -0.2) is 4.58 Å². The first-order valence-corrected chi connectivity index (χ1v) is 8.86. The second kappa shape index (κ2) is 7.65. The highest BCUT2D eigenvalue weighted by molar-refractivity contribution is 5.92. The molecule has 3 nitrogen and oxygen atoms in total. The van der Waals surface area contributed by atoms with E-state index in [0.29, 0.717) is 5.41 Å². The Morgan fingerprint density at radius 1 is 1.05 bits per heavy atom. The van der Waals surface area contributed by atoms with Crippen LogP contribution in [-0.2, 0) is 0 Å². The fourth-order valence-electron chi connectivity index (χ4n) is 4.10. The van der Waals surface area contributed by atoms with Gasteiger partial charge in [0, 0.05) is 57.2 Å². The van der Waals surface area contributed by atoms with Crippen LogP contribution in [0, 0.1) is 5.41 Å². The molecule has 0 spiro atoms. The summed E-state index contributed by atoms with van der Waals surface area (Å²) in [6.07, 6.45) is 7.80. The molecule has 3 rings (SSSR count). The van der Waals surface area contributed by atoms with Crippen LogP contribution in [0.15, 0.2) is 11.8 Å². The van der Waals surface area contributed by atoms with E-state index in [9.17, 15) is 0 Å². The summed E-state index contributed by atoms with van der Waals surface area (Å²) < 4.78 is 2.64. The second-order valence-electron chi connectivity index (χ2n) is 7.76. The van der Waals surface area contributed by atoms with Crippen molar-refractivity contribution < 1.29 is 28.6 Å². The number of nitrogens with zero attached hydrogens (tertiary/aromatic N) is 3. The Labute approximate surface area is 153 Å². The number of hydrogen-bond acceptors (Lipinski definition) is 2. The van der Waals surface area contributed by atoms with Gasteiger partial charge in [-0.1, -0.05) is 20.8 Å². The molecule has 22 heavy (non-hydrogen) atoms. The van der Waals surface area contributed by atoms with Gasteiger partial charge in [-0.05, 0) is 18.4 Å². The van der Waals surface area contributed by atoms with Crippen LogP contribution < -0.4 is 24.0 Å². The lowest BCUT2D eigenvalue weighted by Crippen LogP contribution is -3.00. The maximum Gasteiger partial charge on any atom is 0.178 e. The highest BCUT2D eigenvalue weighted by atomic mass is 127. The molecular weight excluding hydrogens is 385 g/mol. The van der Waals surface area contributed by atoms with E-state index in [1.54, 1.807) is 11.4 Å². The third kappa shape index (κ3) is 4.25. The van der Waals surface area contributed by atoms with Gasteiger partial charge in [0.1, 0.15) is 13.1 Å². The maximum atomic E-state index is 2.66. The maximum absolute atomic E-state index is 2.66. The first kappa shape index (κ1) is 18.2. The quantitative estimate of drug-likeness (QED) is 0.446. The van der Waals surface area contributed by atoms with Crippen molar-refractivity contribution in [3.63, 3.8) is 0 Å². The fourth-order valence-corrected chi connectivity index (χ4v) is 4.10. The normalized spacial score (nSPS) is 26.0. The lowest BCUT2D eigenvalue weighted by atomic mass is 9.78. The van der Waals surface area contributed by atoms with Crippen molar-refractivity contribution in [3.05, 3.63) is 11.8 Å². The second-order valence-corrected chi connectivity index (χ2v) is 7.76. The summed E-state index contributed by atoms with van der Waals surface area (Å²) >= 11 is 0. The summed E-state index contributed by atoms with van der Waals surface area (Å²) in [4.78, 5) is 5.22. The highest BCUT2D eigenvalue weighted by Crippen LogP contribution is 2.36. The Hall–Kier alpha value is -0.100. The SMILES string of the molecule is CCN1CCN(C2=CC(=[N+]3CCCC3)CC(C)(C)C2)CC1.[I-]. The predicted molar refractivity (Wildman–Crippen MR) is 89.0 cm³/mol. The van der Waals surface area contributed by atoms with Crippen LogP contribution in [0.4, 0.5) is 0 Å². The third-order valence-corrected chi connectivity index (χ3v) is 5.39. The molecule has 0 aromatic heterocycles. The van der Waals surface area contributed by atoms with E-state index in [0.717, 1.165) is 0 Å². The topological polar surface area (TPSA) is 9.49 Å². The molecule has 2 aliphatic heterocycles. The van der Waals surface area contributed by atoms with Crippen LogP contribution in [0.5, 0.6) is 0 Å². The first-order valence-electron chi connectivity index (χ1n) is 8.86. The number of piperazine rings is 1. The van der Waals surface area contributed by atoms with Gasteiger partial charge in [0.05, 0.1) is 0 Å². The van der Waals surface area contributed by atoms with E-state index in [1.807, 2.05) is 0 Å². The van der Waals surface area contributed by atoms with Crippen molar-refractivity contribution in [3.8, 4) is 0 Å². The van der Waals surface area contributed by atoms with Gasteiger partial charge in [0.15, 0.2) is 5.71 Å². The van der Waals surface area contributed by atoms with Crippen LogP contribution in [0.2, 0.25) is 0 Å². The molecule has 0 unspecified atom stereocenters. The average Bonchev–Trinajstić information content (AvgIpc) is 3.00. The minimum atomic E-state index is 0. The number of allylic oxidation sites excluding steroid dienone is 2. The molecule has 0 saturated carbocycles. The van der Waals surface area contributed by atoms with E-state index < -0.39 is 0 Å². The van der Waals surface area contributed by atoms with Crippen molar-refractivity contribution in [1.29, 1.82) is 0 Å². The third-order valence-electron chi connectivity index (χ3n) is 5.39. The molecule has 4 heteroatoms. The summed E-state index contributed by atoms with van der Waals surface area (Å²) in [5.41, 5.74) is 3.63. The number of hydrogen-bond donors (Lipinski definition) is 0. The molecule has 0 bridgehead atoms. The molecular formula is C18H32IN3. The van der Waals surface area contributed by atoms with E-state index in [1.165, 1.54) is 71.5 Å². The molecule has 0 radical (unpaired) electrons. The average molecular weight is 417 g/mol. The summed E-state index contributed by atoms with van der Waals surface area (Å²) in [5.74, 6) is 0. The number of halogens is 1. The van der Waals surface area contributed by atoms with Gasteiger partial charge in [-0.2, -0.15) is 0 Å². The zero-order valence-electron chi connectivity index (χ0n) is 14.6. The monoisotopic (exact) mass is 417 g/mol. The molecule has 2 heterocycles. The van der Waals surface area contributed by atoms with Crippen molar-refractivity contribution in [2.45, 2.75) is 46.5 Å². The number of rotatable bonds is 2. The molecule has 1 aliphatic carbocycles. The van der Waals surface area contributed by atoms with Gasteiger partial charge in [0.2, 0.25) is 0 Å². The minimum absolute atomic E-state index is 0.